The molecule has 2 aromatic carbocycles. The molecule has 8 nitrogen and oxygen atoms in total. The van der Waals surface area contributed by atoms with Crippen LogP contribution in [-0.2, 0) is 4.79 Å². The van der Waals surface area contributed by atoms with E-state index in [2.05, 4.69) is 20.5 Å². The Morgan fingerprint density at radius 3 is 2.81 bits per heavy atom. The van der Waals surface area contributed by atoms with Crippen LogP contribution in [0.3, 0.4) is 0 Å². The molecule has 1 amide bonds. The zero-order valence-corrected chi connectivity index (χ0v) is 17.2. The van der Waals surface area contributed by atoms with Crippen LogP contribution in [0.25, 0.3) is 17.1 Å². The Morgan fingerprint density at radius 1 is 1.35 bits per heavy atom. The van der Waals surface area contributed by atoms with Crippen LogP contribution < -0.4 is 11.0 Å². The van der Waals surface area contributed by atoms with Crippen LogP contribution in [0.2, 0.25) is 5.02 Å². The predicted octanol–water partition coefficient (Wildman–Crippen LogP) is 2.77. The minimum absolute atomic E-state index is 0.158. The molecule has 0 aliphatic heterocycles. The highest BCUT2D eigenvalue weighted by Gasteiger charge is 2.23. The number of amides is 1. The summed E-state index contributed by atoms with van der Waals surface area (Å²) < 4.78 is 0. The number of aliphatic hydroxyl groups is 1. The molecule has 0 saturated heterocycles. The minimum Gasteiger partial charge on any atom is -0.382 e. The molecule has 3 N–H and O–H groups in total. The Morgan fingerprint density at radius 2 is 2.10 bits per heavy atom. The van der Waals surface area contributed by atoms with Gasteiger partial charge in [0, 0.05) is 5.02 Å². The van der Waals surface area contributed by atoms with Crippen molar-refractivity contribution >= 4 is 40.3 Å². The van der Waals surface area contributed by atoms with Gasteiger partial charge in [0.2, 0.25) is 0 Å². The van der Waals surface area contributed by atoms with Crippen LogP contribution in [0.4, 0.5) is 0 Å². The molecule has 0 spiro atoms. The minimum atomic E-state index is -1.35. The number of aromatic amines is 1. The summed E-state index contributed by atoms with van der Waals surface area (Å²) in [6, 6.07) is 15.8. The lowest BCUT2D eigenvalue weighted by atomic mass is 10.0. The summed E-state index contributed by atoms with van der Waals surface area (Å²) >= 11 is 5.96. The van der Waals surface area contributed by atoms with E-state index in [9.17, 15) is 14.7 Å². The maximum atomic E-state index is 12.7. The smallest absolute Gasteiger partial charge is 0.276 e. The Kier molecular flexibility index (Phi) is 6.92. The maximum Gasteiger partial charge on any atom is 0.276 e. The lowest BCUT2D eigenvalue weighted by Gasteiger charge is -2.15. The quantitative estimate of drug-likeness (QED) is 0.404. The molecule has 0 bridgehead atoms. The summed E-state index contributed by atoms with van der Waals surface area (Å²) in [5.74, 6) is -0.680. The number of hydrogen-bond acceptors (Lipinski definition) is 6. The number of carbonyl (C=O) groups excluding carboxylic acids is 1. The second-order valence-corrected chi connectivity index (χ2v) is 7.08. The van der Waals surface area contributed by atoms with E-state index < -0.39 is 24.0 Å². The van der Waals surface area contributed by atoms with Gasteiger partial charge in [0.25, 0.3) is 11.5 Å². The number of hydrogen-bond donors (Lipinski definition) is 3. The number of nitrogens with zero attached hydrogens (tertiary/aromatic N) is 3. The van der Waals surface area contributed by atoms with Gasteiger partial charge in [-0.05, 0) is 36.3 Å². The molecule has 3 aromatic rings. The fourth-order valence-corrected chi connectivity index (χ4v) is 2.99. The molecule has 156 valence electrons. The Labute approximate surface area is 182 Å². The molecular weight excluding hydrogens is 418 g/mol. The van der Waals surface area contributed by atoms with Crippen molar-refractivity contribution in [3.63, 3.8) is 0 Å². The average molecular weight is 436 g/mol. The van der Waals surface area contributed by atoms with Crippen molar-refractivity contribution in [2.75, 3.05) is 0 Å². The number of nitrogens with one attached hydrogen (secondary N) is 2. The normalized spacial score (nSPS) is 13.0. The molecule has 0 unspecified atom stereocenters. The van der Waals surface area contributed by atoms with Gasteiger partial charge in [0.05, 0.1) is 17.1 Å². The van der Waals surface area contributed by atoms with Gasteiger partial charge in [-0.2, -0.15) is 10.4 Å². The highest BCUT2D eigenvalue weighted by Crippen LogP contribution is 2.17. The van der Waals surface area contributed by atoms with E-state index in [1.807, 2.05) is 30.3 Å². The molecule has 1 heterocycles. The van der Waals surface area contributed by atoms with Gasteiger partial charge in [-0.3, -0.25) is 9.59 Å². The standard InChI is InChI=1S/C22H18ClN5O3/c1-13(11-14-5-3-2-4-6-14)21(30)19(28-27-18(29)9-10-24)20-22(31)26-17-12-15(23)7-8-16(17)25-20/h2-8,11-12,21,30H,9H2,1H3,(H,26,31)(H,27,29)/b13-11+,28-19+/t21-/m1/s1. The first-order valence-electron chi connectivity index (χ1n) is 9.23. The number of aromatic nitrogens is 2. The van der Waals surface area contributed by atoms with Crippen LogP contribution in [-0.4, -0.2) is 32.8 Å². The van der Waals surface area contributed by atoms with Crippen molar-refractivity contribution in [3.05, 3.63) is 80.7 Å². The number of carbonyl (C=O) groups is 1. The first-order valence-corrected chi connectivity index (χ1v) is 9.61. The molecule has 0 aliphatic rings. The van der Waals surface area contributed by atoms with Crippen LogP contribution in [0, 0.1) is 11.3 Å². The fourth-order valence-electron chi connectivity index (χ4n) is 2.82. The largest absolute Gasteiger partial charge is 0.382 e. The number of halogens is 1. The van der Waals surface area contributed by atoms with Gasteiger partial charge in [-0.15, -0.1) is 0 Å². The van der Waals surface area contributed by atoms with Crippen molar-refractivity contribution in [2.24, 2.45) is 5.10 Å². The van der Waals surface area contributed by atoms with Gasteiger partial charge < -0.3 is 10.1 Å². The summed E-state index contributed by atoms with van der Waals surface area (Å²) in [5.41, 5.74) is 3.40. The molecule has 0 saturated carbocycles. The number of H-pyrrole nitrogens is 1. The molecule has 1 atom stereocenters. The summed E-state index contributed by atoms with van der Waals surface area (Å²) in [4.78, 5) is 31.4. The van der Waals surface area contributed by atoms with Crippen LogP contribution >= 0.6 is 11.6 Å². The van der Waals surface area contributed by atoms with E-state index in [4.69, 9.17) is 16.9 Å². The topological polar surface area (TPSA) is 131 Å². The van der Waals surface area contributed by atoms with Crippen molar-refractivity contribution in [1.82, 2.24) is 15.4 Å². The Bertz CT molecular complexity index is 1280. The predicted molar refractivity (Wildman–Crippen MR) is 118 cm³/mol. The lowest BCUT2D eigenvalue weighted by Crippen LogP contribution is -2.33. The van der Waals surface area contributed by atoms with Gasteiger partial charge in [-0.25, -0.2) is 10.4 Å². The zero-order chi connectivity index (χ0) is 22.4. The van der Waals surface area contributed by atoms with Crippen molar-refractivity contribution in [2.45, 2.75) is 19.4 Å². The summed E-state index contributed by atoms with van der Waals surface area (Å²) in [6.07, 6.45) is -0.0428. The Hall–Kier alpha value is -3.80. The van der Waals surface area contributed by atoms with Gasteiger partial charge in [0.1, 0.15) is 18.2 Å². The van der Waals surface area contributed by atoms with Crippen LogP contribution in [0.15, 0.2) is 64.0 Å². The van der Waals surface area contributed by atoms with Gasteiger partial charge in [0.15, 0.2) is 5.69 Å². The molecule has 0 radical (unpaired) electrons. The van der Waals surface area contributed by atoms with E-state index in [-0.39, 0.29) is 11.4 Å². The van der Waals surface area contributed by atoms with Crippen LogP contribution in [0.5, 0.6) is 0 Å². The maximum absolute atomic E-state index is 12.7. The van der Waals surface area contributed by atoms with E-state index in [1.165, 1.54) is 0 Å². The summed E-state index contributed by atoms with van der Waals surface area (Å²) in [7, 11) is 0. The second-order valence-electron chi connectivity index (χ2n) is 6.64. The summed E-state index contributed by atoms with van der Waals surface area (Å²) in [5, 5.41) is 24.0. The third-order valence-electron chi connectivity index (χ3n) is 4.32. The molecular formula is C22H18ClN5O3. The van der Waals surface area contributed by atoms with E-state index in [1.54, 1.807) is 37.3 Å². The third kappa shape index (κ3) is 5.42. The number of fused-ring (bicyclic) bond motifs is 1. The molecule has 31 heavy (non-hydrogen) atoms. The summed E-state index contributed by atoms with van der Waals surface area (Å²) in [6.45, 7) is 1.67. The van der Waals surface area contributed by atoms with Gasteiger partial charge >= 0.3 is 0 Å². The molecule has 1 aromatic heterocycles. The third-order valence-corrected chi connectivity index (χ3v) is 4.56. The highest BCUT2D eigenvalue weighted by molar-refractivity contribution is 6.31. The number of benzene rings is 2. The van der Waals surface area contributed by atoms with E-state index >= 15 is 0 Å². The van der Waals surface area contributed by atoms with Crippen molar-refractivity contribution < 1.29 is 9.90 Å². The first-order chi connectivity index (χ1) is 14.9. The van der Waals surface area contributed by atoms with Gasteiger partial charge in [-0.1, -0.05) is 48.0 Å². The average Bonchev–Trinajstić information content (AvgIpc) is 2.74. The monoisotopic (exact) mass is 435 g/mol. The molecule has 9 heteroatoms. The zero-order valence-electron chi connectivity index (χ0n) is 16.5. The fraction of sp³-hybridized carbons (Fsp3) is 0.136. The van der Waals surface area contributed by atoms with Crippen LogP contribution in [0.1, 0.15) is 24.6 Å². The van der Waals surface area contributed by atoms with Crippen molar-refractivity contribution in [3.8, 4) is 6.07 Å². The molecule has 0 aliphatic carbocycles. The Balaban J connectivity index is 2.08. The highest BCUT2D eigenvalue weighted by atomic mass is 35.5. The number of nitriles is 1. The first kappa shape index (κ1) is 21.9. The number of aliphatic hydroxyl groups excluding tert-OH is 1. The SMILES string of the molecule is C/C(=C\c1ccccc1)[C@@H](O)/C(=N/NC(=O)CC#N)c1nc2ccc(Cl)cc2[nH]c1=O. The molecule has 0 fully saturated rings. The number of hydrazone groups is 1. The second kappa shape index (κ2) is 9.80. The number of rotatable bonds is 6. The lowest BCUT2D eigenvalue weighted by molar-refractivity contribution is -0.120. The van der Waals surface area contributed by atoms with E-state index in [0.29, 0.717) is 21.6 Å². The van der Waals surface area contributed by atoms with Crippen molar-refractivity contribution in [1.29, 1.82) is 5.26 Å². The van der Waals surface area contributed by atoms with E-state index in [0.717, 1.165) is 5.56 Å². The molecule has 3 rings (SSSR count).